The number of quaternary nitrogens is 1. The molecule has 0 bridgehead atoms. The van der Waals surface area contributed by atoms with Gasteiger partial charge in [0, 0.05) is 0 Å². The van der Waals surface area contributed by atoms with Crippen LogP contribution in [0.15, 0.2) is 28.9 Å². The number of rotatable bonds is 4. The molecule has 2 rings (SSSR count). The minimum absolute atomic E-state index is 0.0471. The first-order valence-corrected chi connectivity index (χ1v) is 5.55. The van der Waals surface area contributed by atoms with E-state index in [2.05, 4.69) is 10.5 Å². The third-order valence-corrected chi connectivity index (χ3v) is 2.90. The van der Waals surface area contributed by atoms with Crippen LogP contribution < -0.4 is 5.73 Å². The monoisotopic (exact) mass is 251 g/mol. The van der Waals surface area contributed by atoms with Crippen LogP contribution in [0.1, 0.15) is 5.76 Å². The van der Waals surface area contributed by atoms with Gasteiger partial charge in [-0.15, -0.1) is 0 Å². The molecule has 2 unspecified atom stereocenters. The van der Waals surface area contributed by atoms with Crippen LogP contribution in [-0.4, -0.2) is 42.5 Å². The Labute approximate surface area is 104 Å². The first-order valence-electron chi connectivity index (χ1n) is 5.55. The van der Waals surface area contributed by atoms with E-state index in [-0.39, 0.29) is 24.5 Å². The number of likely N-dealkylation sites (tertiary alicyclic amines) is 1. The van der Waals surface area contributed by atoms with Gasteiger partial charge in [-0.2, -0.15) is 0 Å². The number of carbonyl (C=O) groups excluding carboxylic acids is 2. The molecule has 1 aromatic rings. The van der Waals surface area contributed by atoms with E-state index in [0.717, 1.165) is 0 Å². The van der Waals surface area contributed by atoms with E-state index >= 15 is 0 Å². The molecule has 96 valence electrons. The summed E-state index contributed by atoms with van der Waals surface area (Å²) < 4.78 is 9.69. The Balaban J connectivity index is 2.02. The van der Waals surface area contributed by atoms with Crippen LogP contribution in [-0.2, 0) is 14.3 Å². The number of esters is 1. The Hall–Kier alpha value is -2.08. The highest BCUT2D eigenvalue weighted by atomic mass is 16.5. The zero-order valence-corrected chi connectivity index (χ0v) is 10.0. The average Bonchev–Trinajstić information content (AvgIpc) is 2.89. The summed E-state index contributed by atoms with van der Waals surface area (Å²) in [4.78, 5) is 24.2. The van der Waals surface area contributed by atoms with Gasteiger partial charge >= 0.3 is 5.97 Å². The van der Waals surface area contributed by atoms with Gasteiger partial charge < -0.3 is 19.8 Å². The molecule has 0 saturated carbocycles. The molecular formula is C12H15N2O4+. The average molecular weight is 251 g/mol. The molecule has 0 aromatic carbocycles. The molecule has 1 saturated heterocycles. The number of methoxy groups -OCH3 is 1. The molecule has 18 heavy (non-hydrogen) atoms. The van der Waals surface area contributed by atoms with Crippen LogP contribution in [0, 0.1) is 0 Å². The van der Waals surface area contributed by atoms with Crippen molar-refractivity contribution in [3.05, 3.63) is 30.2 Å². The van der Waals surface area contributed by atoms with Gasteiger partial charge in [0.1, 0.15) is 18.3 Å². The van der Waals surface area contributed by atoms with Crippen molar-refractivity contribution in [3.8, 4) is 0 Å². The molecule has 1 aromatic heterocycles. The molecule has 1 aliphatic heterocycles. The number of ether oxygens (including phenoxy) is 1. The highest BCUT2D eigenvalue weighted by molar-refractivity contribution is 5.92. The van der Waals surface area contributed by atoms with E-state index in [1.165, 1.54) is 12.0 Å². The summed E-state index contributed by atoms with van der Waals surface area (Å²) in [6.45, 7) is -0.0471. The Morgan fingerprint density at radius 1 is 1.67 bits per heavy atom. The minimum atomic E-state index is -0.438. The van der Waals surface area contributed by atoms with Gasteiger partial charge in [0.05, 0.1) is 13.4 Å². The first kappa shape index (κ1) is 12.4. The zero-order chi connectivity index (χ0) is 13.1. The van der Waals surface area contributed by atoms with Crippen molar-refractivity contribution in [2.24, 2.45) is 0 Å². The quantitative estimate of drug-likeness (QED) is 0.565. The lowest BCUT2D eigenvalue weighted by Gasteiger charge is -2.40. The third kappa shape index (κ3) is 2.28. The predicted octanol–water partition coefficient (Wildman–Crippen LogP) is -0.713. The number of hydrogen-bond acceptors (Lipinski definition) is 4. The molecule has 6 heteroatoms. The number of β-lactam (4-membered cyclic amide) rings is 1. The number of furan rings is 1. The lowest BCUT2D eigenvalue weighted by molar-refractivity contribution is -0.429. The Bertz CT molecular complexity index is 466. The molecule has 0 spiro atoms. The first-order chi connectivity index (χ1) is 8.63. The van der Waals surface area contributed by atoms with E-state index < -0.39 is 5.97 Å². The number of amides is 1. The largest absolute Gasteiger partial charge is 0.468 e. The Kier molecular flexibility index (Phi) is 3.47. The Morgan fingerprint density at radius 2 is 2.44 bits per heavy atom. The van der Waals surface area contributed by atoms with E-state index in [0.29, 0.717) is 5.76 Å². The van der Waals surface area contributed by atoms with Crippen LogP contribution in [0.4, 0.5) is 0 Å². The summed E-state index contributed by atoms with van der Waals surface area (Å²) in [6.07, 6.45) is 5.14. The summed E-state index contributed by atoms with van der Waals surface area (Å²) in [5.74, 6) is 0.112. The molecule has 6 nitrogen and oxygen atoms in total. The molecule has 2 heterocycles. The number of nitrogens with zero attached hydrogens (tertiary/aromatic N) is 1. The van der Waals surface area contributed by atoms with E-state index in [1.807, 2.05) is 0 Å². The van der Waals surface area contributed by atoms with Gasteiger partial charge in [0.15, 0.2) is 6.04 Å². The van der Waals surface area contributed by atoms with Crippen LogP contribution in [0.2, 0.25) is 0 Å². The molecule has 3 N–H and O–H groups in total. The summed E-state index contributed by atoms with van der Waals surface area (Å²) in [5.41, 5.74) is 3.76. The maximum Gasteiger partial charge on any atom is 0.325 e. The molecule has 2 atom stereocenters. The highest BCUT2D eigenvalue weighted by Gasteiger charge is 2.47. The smallest absolute Gasteiger partial charge is 0.325 e. The van der Waals surface area contributed by atoms with Crippen molar-refractivity contribution in [2.45, 2.75) is 12.1 Å². The van der Waals surface area contributed by atoms with Crippen molar-refractivity contribution in [1.82, 2.24) is 4.90 Å². The molecule has 1 fully saturated rings. The van der Waals surface area contributed by atoms with Crippen molar-refractivity contribution in [3.63, 3.8) is 0 Å². The lowest BCUT2D eigenvalue weighted by Crippen LogP contribution is -2.83. The fraction of sp³-hybridized carbons (Fsp3) is 0.333. The maximum absolute atomic E-state index is 11.6. The predicted molar refractivity (Wildman–Crippen MR) is 61.9 cm³/mol. The van der Waals surface area contributed by atoms with Crippen LogP contribution in [0.25, 0.3) is 6.08 Å². The summed E-state index contributed by atoms with van der Waals surface area (Å²) in [6, 6.07) is 3.03. The normalized spacial score (nSPS) is 23.2. The second-order valence-corrected chi connectivity index (χ2v) is 4.01. The second kappa shape index (κ2) is 5.05. The van der Waals surface area contributed by atoms with E-state index in [1.54, 1.807) is 30.5 Å². The van der Waals surface area contributed by atoms with Gasteiger partial charge in [0.25, 0.3) is 5.91 Å². The second-order valence-electron chi connectivity index (χ2n) is 4.01. The SMILES string of the molecule is COC(=O)CN1C(=O)C([NH3+])C1/C=C/c1ccco1. The summed E-state index contributed by atoms with van der Waals surface area (Å²) in [7, 11) is 1.29. The van der Waals surface area contributed by atoms with Crippen LogP contribution in [0.5, 0.6) is 0 Å². The molecular weight excluding hydrogens is 236 g/mol. The van der Waals surface area contributed by atoms with Crippen LogP contribution >= 0.6 is 0 Å². The Morgan fingerprint density at radius 3 is 3.06 bits per heavy atom. The third-order valence-electron chi connectivity index (χ3n) is 2.90. The van der Waals surface area contributed by atoms with Gasteiger partial charge in [-0.05, 0) is 18.2 Å². The zero-order valence-electron chi connectivity index (χ0n) is 10.0. The molecule has 1 amide bonds. The number of hydrogen-bond donors (Lipinski definition) is 1. The minimum Gasteiger partial charge on any atom is -0.468 e. The summed E-state index contributed by atoms with van der Waals surface area (Å²) in [5, 5.41) is 0. The fourth-order valence-corrected chi connectivity index (χ4v) is 1.85. The topological polar surface area (TPSA) is 87.4 Å². The lowest BCUT2D eigenvalue weighted by atomic mass is 9.95. The fourth-order valence-electron chi connectivity index (χ4n) is 1.85. The molecule has 1 aliphatic rings. The van der Waals surface area contributed by atoms with Crippen molar-refractivity contribution < 1.29 is 24.5 Å². The van der Waals surface area contributed by atoms with Gasteiger partial charge in [-0.25, -0.2) is 0 Å². The van der Waals surface area contributed by atoms with Crippen molar-refractivity contribution in [2.75, 3.05) is 13.7 Å². The van der Waals surface area contributed by atoms with Crippen LogP contribution in [0.3, 0.4) is 0 Å². The standard InChI is InChI=1S/C12H14N2O4/c1-17-10(15)7-14-9(11(13)12(14)16)5-4-8-3-2-6-18-8/h2-6,9,11H,7,13H2,1H3/p+1/b5-4+. The summed E-state index contributed by atoms with van der Waals surface area (Å²) >= 11 is 0. The number of carbonyl (C=O) groups is 2. The molecule has 0 aliphatic carbocycles. The highest BCUT2D eigenvalue weighted by Crippen LogP contribution is 2.19. The maximum atomic E-state index is 11.6. The van der Waals surface area contributed by atoms with E-state index in [9.17, 15) is 9.59 Å². The van der Waals surface area contributed by atoms with Crippen molar-refractivity contribution >= 4 is 18.0 Å². The van der Waals surface area contributed by atoms with Gasteiger partial charge in [-0.1, -0.05) is 6.08 Å². The van der Waals surface area contributed by atoms with E-state index in [4.69, 9.17) is 4.42 Å². The van der Waals surface area contributed by atoms with Gasteiger partial charge in [0.2, 0.25) is 0 Å². The molecule has 0 radical (unpaired) electrons. The van der Waals surface area contributed by atoms with Gasteiger partial charge in [-0.3, -0.25) is 9.59 Å². The van der Waals surface area contributed by atoms with Crippen molar-refractivity contribution in [1.29, 1.82) is 0 Å².